The van der Waals surface area contributed by atoms with Gasteiger partial charge in [-0.15, -0.1) is 11.3 Å². The first-order valence-corrected chi connectivity index (χ1v) is 8.95. The smallest absolute Gasteiger partial charge is 0.234 e. The fourth-order valence-electron chi connectivity index (χ4n) is 3.04. The Kier molecular flexibility index (Phi) is 5.60. The van der Waals surface area contributed by atoms with Gasteiger partial charge < -0.3 is 10.4 Å². The van der Waals surface area contributed by atoms with Gasteiger partial charge in [0, 0.05) is 18.0 Å². The molecule has 2 heterocycles. The van der Waals surface area contributed by atoms with E-state index in [2.05, 4.69) is 10.2 Å². The number of aliphatic hydroxyl groups excluding tert-OH is 1. The zero-order valence-electron chi connectivity index (χ0n) is 13.3. The van der Waals surface area contributed by atoms with Gasteiger partial charge in [-0.25, -0.2) is 4.39 Å². The van der Waals surface area contributed by atoms with Crippen molar-refractivity contribution in [2.45, 2.75) is 12.5 Å². The summed E-state index contributed by atoms with van der Waals surface area (Å²) in [7, 11) is 0. The van der Waals surface area contributed by atoms with Crippen molar-refractivity contribution in [1.29, 1.82) is 0 Å². The van der Waals surface area contributed by atoms with Crippen LogP contribution in [0.4, 0.5) is 4.39 Å². The lowest BCUT2D eigenvalue weighted by atomic mass is 10.1. The number of hydrogen-bond donors (Lipinski definition) is 2. The highest BCUT2D eigenvalue weighted by Crippen LogP contribution is 2.26. The summed E-state index contributed by atoms with van der Waals surface area (Å²) in [6, 6.07) is 9.87. The molecule has 2 atom stereocenters. The maximum atomic E-state index is 13.2. The Morgan fingerprint density at radius 2 is 2.17 bits per heavy atom. The first kappa shape index (κ1) is 17.1. The Morgan fingerprint density at radius 3 is 2.79 bits per heavy atom. The Bertz CT molecular complexity index is 660. The monoisotopic (exact) mass is 348 g/mol. The summed E-state index contributed by atoms with van der Waals surface area (Å²) in [4.78, 5) is 15.5. The van der Waals surface area contributed by atoms with E-state index in [9.17, 15) is 14.3 Å². The van der Waals surface area contributed by atoms with Crippen LogP contribution in [0.2, 0.25) is 0 Å². The fourth-order valence-corrected chi connectivity index (χ4v) is 3.85. The number of rotatable bonds is 6. The van der Waals surface area contributed by atoms with Crippen LogP contribution in [0.3, 0.4) is 0 Å². The highest BCUT2D eigenvalue weighted by molar-refractivity contribution is 7.10. The molecule has 3 rings (SSSR count). The van der Waals surface area contributed by atoms with Crippen molar-refractivity contribution in [1.82, 2.24) is 10.2 Å². The third kappa shape index (κ3) is 4.20. The molecule has 1 aromatic carbocycles. The van der Waals surface area contributed by atoms with E-state index in [0.717, 1.165) is 30.0 Å². The van der Waals surface area contributed by atoms with Crippen LogP contribution < -0.4 is 5.32 Å². The predicted molar refractivity (Wildman–Crippen MR) is 92.3 cm³/mol. The van der Waals surface area contributed by atoms with Gasteiger partial charge in [-0.2, -0.15) is 0 Å². The Hall–Kier alpha value is -1.76. The van der Waals surface area contributed by atoms with Crippen LogP contribution in [0.25, 0.3) is 0 Å². The maximum absolute atomic E-state index is 13.2. The molecule has 1 aliphatic heterocycles. The number of benzene rings is 1. The molecule has 1 fully saturated rings. The normalized spacial score (nSPS) is 19.3. The summed E-state index contributed by atoms with van der Waals surface area (Å²) in [6.45, 7) is 2.08. The van der Waals surface area contributed by atoms with E-state index in [1.165, 1.54) is 12.1 Å². The van der Waals surface area contributed by atoms with Gasteiger partial charge in [-0.05, 0) is 48.0 Å². The minimum absolute atomic E-state index is 0.0590. The molecule has 0 saturated carbocycles. The lowest BCUT2D eigenvalue weighted by Crippen LogP contribution is -2.38. The summed E-state index contributed by atoms with van der Waals surface area (Å²) < 4.78 is 13.2. The van der Waals surface area contributed by atoms with E-state index in [0.29, 0.717) is 6.54 Å². The zero-order valence-corrected chi connectivity index (χ0v) is 14.1. The largest absolute Gasteiger partial charge is 0.396 e. The average molecular weight is 348 g/mol. The molecule has 0 bridgehead atoms. The first-order valence-electron chi connectivity index (χ1n) is 8.07. The van der Waals surface area contributed by atoms with Gasteiger partial charge in [0.15, 0.2) is 0 Å². The minimum atomic E-state index is -0.290. The van der Waals surface area contributed by atoms with Gasteiger partial charge in [0.25, 0.3) is 0 Å². The second-order valence-electron chi connectivity index (χ2n) is 6.14. The van der Waals surface area contributed by atoms with E-state index in [-0.39, 0.29) is 30.3 Å². The zero-order chi connectivity index (χ0) is 16.9. The lowest BCUT2D eigenvalue weighted by molar-refractivity contribution is -0.122. The van der Waals surface area contributed by atoms with Crippen molar-refractivity contribution < 1.29 is 14.3 Å². The molecule has 0 radical (unpaired) electrons. The molecule has 4 nitrogen and oxygen atoms in total. The Balaban J connectivity index is 1.68. The molecule has 6 heteroatoms. The molecule has 2 unspecified atom stereocenters. The van der Waals surface area contributed by atoms with Crippen molar-refractivity contribution in [3.8, 4) is 0 Å². The van der Waals surface area contributed by atoms with E-state index in [1.54, 1.807) is 23.5 Å². The maximum Gasteiger partial charge on any atom is 0.234 e. The summed E-state index contributed by atoms with van der Waals surface area (Å²) in [5, 5.41) is 14.2. The summed E-state index contributed by atoms with van der Waals surface area (Å²) in [6.07, 6.45) is 0.927. The molecular formula is C18H21FN2O2S. The topological polar surface area (TPSA) is 52.6 Å². The number of likely N-dealkylation sites (tertiary alicyclic amines) is 1. The Labute approximate surface area is 144 Å². The van der Waals surface area contributed by atoms with Crippen molar-refractivity contribution >= 4 is 17.2 Å². The highest BCUT2D eigenvalue weighted by atomic mass is 32.1. The highest BCUT2D eigenvalue weighted by Gasteiger charge is 2.25. The fraction of sp³-hybridized carbons (Fsp3) is 0.389. The van der Waals surface area contributed by atoms with Crippen LogP contribution in [0.1, 0.15) is 22.9 Å². The van der Waals surface area contributed by atoms with Crippen LogP contribution in [-0.2, 0) is 4.79 Å². The van der Waals surface area contributed by atoms with Crippen LogP contribution in [-0.4, -0.2) is 42.2 Å². The molecule has 1 aliphatic rings. The molecule has 0 aliphatic carbocycles. The van der Waals surface area contributed by atoms with Crippen LogP contribution in [0, 0.1) is 11.7 Å². The van der Waals surface area contributed by atoms with Crippen LogP contribution in [0.5, 0.6) is 0 Å². The third-order valence-electron chi connectivity index (χ3n) is 4.33. The number of amides is 1. The molecule has 1 saturated heterocycles. The van der Waals surface area contributed by atoms with Gasteiger partial charge in [-0.3, -0.25) is 9.69 Å². The van der Waals surface area contributed by atoms with Gasteiger partial charge in [-0.1, -0.05) is 18.2 Å². The standard InChI is InChI=1S/C18H21FN2O2S/c19-15-5-3-14(4-6-15)18(16-2-1-9-24-16)20-17(23)11-21-8-7-13(10-21)12-22/h1-6,9,13,18,22H,7-8,10-12H2,(H,20,23). The van der Waals surface area contributed by atoms with Crippen LogP contribution >= 0.6 is 11.3 Å². The average Bonchev–Trinajstić information content (AvgIpc) is 3.25. The molecule has 24 heavy (non-hydrogen) atoms. The minimum Gasteiger partial charge on any atom is -0.396 e. The number of carbonyl (C=O) groups is 1. The third-order valence-corrected chi connectivity index (χ3v) is 5.27. The lowest BCUT2D eigenvalue weighted by Gasteiger charge is -2.21. The number of hydrogen-bond acceptors (Lipinski definition) is 4. The second kappa shape index (κ2) is 7.88. The van der Waals surface area contributed by atoms with E-state index < -0.39 is 0 Å². The van der Waals surface area contributed by atoms with Crippen molar-refractivity contribution in [2.24, 2.45) is 5.92 Å². The van der Waals surface area contributed by atoms with E-state index in [1.807, 2.05) is 17.5 Å². The molecule has 0 spiro atoms. The molecule has 2 N–H and O–H groups in total. The molecular weight excluding hydrogens is 327 g/mol. The number of thiophene rings is 1. The van der Waals surface area contributed by atoms with Gasteiger partial charge in [0.05, 0.1) is 12.6 Å². The van der Waals surface area contributed by atoms with Crippen LogP contribution in [0.15, 0.2) is 41.8 Å². The van der Waals surface area contributed by atoms with Gasteiger partial charge in [0.2, 0.25) is 5.91 Å². The van der Waals surface area contributed by atoms with Gasteiger partial charge in [0.1, 0.15) is 5.82 Å². The molecule has 2 aromatic rings. The Morgan fingerprint density at radius 1 is 1.38 bits per heavy atom. The number of nitrogens with zero attached hydrogens (tertiary/aromatic N) is 1. The van der Waals surface area contributed by atoms with Gasteiger partial charge >= 0.3 is 0 Å². The molecule has 1 amide bonds. The number of aliphatic hydroxyl groups is 1. The predicted octanol–water partition coefficient (Wildman–Crippen LogP) is 2.41. The van der Waals surface area contributed by atoms with Crippen molar-refractivity contribution in [2.75, 3.05) is 26.2 Å². The number of nitrogens with one attached hydrogen (secondary N) is 1. The van der Waals surface area contributed by atoms with E-state index >= 15 is 0 Å². The van der Waals surface area contributed by atoms with Crippen molar-refractivity contribution in [3.63, 3.8) is 0 Å². The second-order valence-corrected chi connectivity index (χ2v) is 7.12. The number of halogens is 1. The summed E-state index contributed by atoms with van der Waals surface area (Å²) in [5.74, 6) is -0.0820. The summed E-state index contributed by atoms with van der Waals surface area (Å²) >= 11 is 1.56. The molecule has 1 aromatic heterocycles. The van der Waals surface area contributed by atoms with E-state index in [4.69, 9.17) is 0 Å². The quantitative estimate of drug-likeness (QED) is 0.843. The first-order chi connectivity index (χ1) is 11.7. The SMILES string of the molecule is O=C(CN1CCC(CO)C1)NC(c1ccc(F)cc1)c1cccs1. The van der Waals surface area contributed by atoms with Crippen molar-refractivity contribution in [3.05, 3.63) is 58.0 Å². The molecule has 128 valence electrons. The summed E-state index contributed by atoms with van der Waals surface area (Å²) in [5.41, 5.74) is 0.863. The number of carbonyl (C=O) groups excluding carboxylic acids is 1.